The Kier molecular flexibility index (Phi) is 4.33. The fraction of sp³-hybridized carbons (Fsp3) is 0.263. The zero-order valence-corrected chi connectivity index (χ0v) is 14.9. The SMILES string of the molecule is CCOC(=O)c1cn(C)cc1-c1cc2c(C)ccc(C)c2nc1Cl. The van der Waals surface area contributed by atoms with Gasteiger partial charge >= 0.3 is 5.97 Å². The number of halogens is 1. The number of carbonyl (C=O) groups excluding carboxylic acids is 1. The first-order valence-corrected chi connectivity index (χ1v) is 8.20. The fourth-order valence-corrected chi connectivity index (χ4v) is 3.11. The Bertz CT molecular complexity index is 944. The van der Waals surface area contributed by atoms with Crippen LogP contribution in [-0.2, 0) is 11.8 Å². The van der Waals surface area contributed by atoms with Crippen molar-refractivity contribution in [2.24, 2.45) is 7.05 Å². The highest BCUT2D eigenvalue weighted by atomic mass is 35.5. The Morgan fingerprint density at radius 2 is 1.92 bits per heavy atom. The molecule has 0 saturated carbocycles. The number of ether oxygens (including phenoxy) is 1. The molecule has 0 N–H and O–H groups in total. The summed E-state index contributed by atoms with van der Waals surface area (Å²) in [6, 6.07) is 6.10. The predicted octanol–water partition coefficient (Wildman–Crippen LogP) is 4.69. The van der Waals surface area contributed by atoms with Crippen LogP contribution in [0.15, 0.2) is 30.6 Å². The number of esters is 1. The van der Waals surface area contributed by atoms with Crippen molar-refractivity contribution in [1.82, 2.24) is 9.55 Å². The maximum absolute atomic E-state index is 12.2. The van der Waals surface area contributed by atoms with Gasteiger partial charge in [-0.3, -0.25) is 0 Å². The third-order valence-corrected chi connectivity index (χ3v) is 4.39. The zero-order valence-electron chi connectivity index (χ0n) is 14.2. The third kappa shape index (κ3) is 2.78. The van der Waals surface area contributed by atoms with Crippen LogP contribution in [0, 0.1) is 13.8 Å². The second kappa shape index (κ2) is 6.29. The summed E-state index contributed by atoms with van der Waals surface area (Å²) in [4.78, 5) is 16.8. The molecule has 0 aliphatic rings. The van der Waals surface area contributed by atoms with E-state index in [0.29, 0.717) is 17.3 Å². The minimum Gasteiger partial charge on any atom is -0.462 e. The summed E-state index contributed by atoms with van der Waals surface area (Å²) in [7, 11) is 1.87. The number of carbonyl (C=O) groups is 1. The Morgan fingerprint density at radius 3 is 2.62 bits per heavy atom. The van der Waals surface area contributed by atoms with Crippen LogP contribution in [-0.4, -0.2) is 22.1 Å². The van der Waals surface area contributed by atoms with Gasteiger partial charge in [-0.2, -0.15) is 0 Å². The van der Waals surface area contributed by atoms with Crippen LogP contribution in [0.5, 0.6) is 0 Å². The largest absolute Gasteiger partial charge is 0.462 e. The molecule has 4 nitrogen and oxygen atoms in total. The molecule has 0 unspecified atom stereocenters. The molecular weight excluding hydrogens is 324 g/mol. The molecule has 24 heavy (non-hydrogen) atoms. The standard InChI is InChI=1S/C19H19ClN2O2/c1-5-24-19(23)16-10-22(4)9-15(16)14-8-13-11(2)6-7-12(3)17(13)21-18(14)20/h6-10H,5H2,1-4H3. The number of pyridine rings is 1. The van der Waals surface area contributed by atoms with E-state index in [0.717, 1.165) is 33.2 Å². The molecule has 0 radical (unpaired) electrons. The summed E-state index contributed by atoms with van der Waals surface area (Å²) < 4.78 is 6.98. The number of fused-ring (bicyclic) bond motifs is 1. The lowest BCUT2D eigenvalue weighted by Gasteiger charge is -2.10. The van der Waals surface area contributed by atoms with Gasteiger partial charge in [-0.25, -0.2) is 9.78 Å². The van der Waals surface area contributed by atoms with Crippen molar-refractivity contribution in [2.45, 2.75) is 20.8 Å². The van der Waals surface area contributed by atoms with Gasteiger partial charge in [0.2, 0.25) is 0 Å². The van der Waals surface area contributed by atoms with E-state index in [4.69, 9.17) is 16.3 Å². The molecule has 0 spiro atoms. The van der Waals surface area contributed by atoms with Crippen LogP contribution in [0.1, 0.15) is 28.4 Å². The second-order valence-corrected chi connectivity index (χ2v) is 6.25. The van der Waals surface area contributed by atoms with Gasteiger partial charge in [0.25, 0.3) is 0 Å². The van der Waals surface area contributed by atoms with E-state index in [9.17, 15) is 4.79 Å². The van der Waals surface area contributed by atoms with E-state index in [1.807, 2.05) is 43.8 Å². The molecule has 0 aliphatic carbocycles. The third-order valence-electron chi connectivity index (χ3n) is 4.10. The molecule has 0 aliphatic heterocycles. The highest BCUT2D eigenvalue weighted by Crippen LogP contribution is 2.34. The molecule has 0 amide bonds. The normalized spacial score (nSPS) is 11.0. The van der Waals surface area contributed by atoms with Crippen molar-refractivity contribution in [3.63, 3.8) is 0 Å². The fourth-order valence-electron chi connectivity index (χ4n) is 2.87. The topological polar surface area (TPSA) is 44.1 Å². The predicted molar refractivity (Wildman–Crippen MR) is 96.6 cm³/mol. The Balaban J connectivity index is 2.26. The van der Waals surface area contributed by atoms with Crippen LogP contribution in [0.2, 0.25) is 5.15 Å². The Hall–Kier alpha value is -2.33. The van der Waals surface area contributed by atoms with Crippen molar-refractivity contribution in [3.8, 4) is 11.1 Å². The van der Waals surface area contributed by atoms with Gasteiger partial charge in [0, 0.05) is 36.0 Å². The maximum Gasteiger partial charge on any atom is 0.340 e. The number of aryl methyl sites for hydroxylation is 3. The maximum atomic E-state index is 12.2. The van der Waals surface area contributed by atoms with Crippen LogP contribution in [0.3, 0.4) is 0 Å². The zero-order chi connectivity index (χ0) is 17.4. The molecule has 0 atom stereocenters. The summed E-state index contributed by atoms with van der Waals surface area (Å²) in [5.41, 5.74) is 5.04. The van der Waals surface area contributed by atoms with Gasteiger partial charge in [-0.05, 0) is 38.0 Å². The van der Waals surface area contributed by atoms with E-state index in [1.54, 1.807) is 13.1 Å². The van der Waals surface area contributed by atoms with Crippen LogP contribution in [0.25, 0.3) is 22.0 Å². The van der Waals surface area contributed by atoms with Gasteiger partial charge < -0.3 is 9.30 Å². The van der Waals surface area contributed by atoms with Crippen molar-refractivity contribution in [2.75, 3.05) is 6.61 Å². The molecule has 3 rings (SSSR count). The quantitative estimate of drug-likeness (QED) is 0.512. The van der Waals surface area contributed by atoms with Gasteiger partial charge in [-0.1, -0.05) is 23.7 Å². The van der Waals surface area contributed by atoms with Crippen molar-refractivity contribution in [3.05, 3.63) is 52.4 Å². The lowest BCUT2D eigenvalue weighted by atomic mass is 10.0. The van der Waals surface area contributed by atoms with Crippen molar-refractivity contribution < 1.29 is 9.53 Å². The summed E-state index contributed by atoms with van der Waals surface area (Å²) >= 11 is 6.45. The summed E-state index contributed by atoms with van der Waals surface area (Å²) in [5.74, 6) is -0.356. The molecule has 3 aromatic rings. The van der Waals surface area contributed by atoms with Crippen LogP contribution < -0.4 is 0 Å². The Labute approximate surface area is 146 Å². The molecule has 0 saturated heterocycles. The molecule has 124 valence electrons. The summed E-state index contributed by atoms with van der Waals surface area (Å²) in [6.07, 6.45) is 3.61. The molecule has 0 fully saturated rings. The first-order valence-electron chi connectivity index (χ1n) is 7.82. The first-order chi connectivity index (χ1) is 11.4. The van der Waals surface area contributed by atoms with E-state index in [2.05, 4.69) is 11.1 Å². The minimum absolute atomic E-state index is 0.329. The van der Waals surface area contributed by atoms with Crippen molar-refractivity contribution in [1.29, 1.82) is 0 Å². The van der Waals surface area contributed by atoms with Crippen molar-refractivity contribution >= 4 is 28.5 Å². The number of hydrogen-bond donors (Lipinski definition) is 0. The van der Waals surface area contributed by atoms with E-state index >= 15 is 0 Å². The second-order valence-electron chi connectivity index (χ2n) is 5.89. The average molecular weight is 343 g/mol. The molecule has 5 heteroatoms. The van der Waals surface area contributed by atoms with Gasteiger partial charge in [0.1, 0.15) is 5.15 Å². The van der Waals surface area contributed by atoms with E-state index in [1.165, 1.54) is 0 Å². The van der Waals surface area contributed by atoms with E-state index < -0.39 is 0 Å². The lowest BCUT2D eigenvalue weighted by Crippen LogP contribution is -2.05. The smallest absolute Gasteiger partial charge is 0.340 e. The number of nitrogens with zero attached hydrogens (tertiary/aromatic N) is 2. The highest BCUT2D eigenvalue weighted by molar-refractivity contribution is 6.33. The molecule has 1 aromatic carbocycles. The van der Waals surface area contributed by atoms with Gasteiger partial charge in [0.05, 0.1) is 17.7 Å². The molecule has 0 bridgehead atoms. The first kappa shape index (κ1) is 16.5. The number of aromatic nitrogens is 2. The monoisotopic (exact) mass is 342 g/mol. The number of hydrogen-bond acceptors (Lipinski definition) is 3. The van der Waals surface area contributed by atoms with Crippen LogP contribution >= 0.6 is 11.6 Å². The minimum atomic E-state index is -0.356. The molecule has 2 heterocycles. The summed E-state index contributed by atoms with van der Waals surface area (Å²) in [5, 5.41) is 1.42. The molecular formula is C19H19ClN2O2. The highest BCUT2D eigenvalue weighted by Gasteiger charge is 2.20. The summed E-state index contributed by atoms with van der Waals surface area (Å²) in [6.45, 7) is 6.17. The van der Waals surface area contributed by atoms with Gasteiger partial charge in [0.15, 0.2) is 0 Å². The number of benzene rings is 1. The average Bonchev–Trinajstić information content (AvgIpc) is 2.93. The van der Waals surface area contributed by atoms with Gasteiger partial charge in [-0.15, -0.1) is 0 Å². The van der Waals surface area contributed by atoms with Crippen LogP contribution in [0.4, 0.5) is 0 Å². The lowest BCUT2D eigenvalue weighted by molar-refractivity contribution is 0.0527. The van der Waals surface area contributed by atoms with E-state index in [-0.39, 0.29) is 5.97 Å². The molecule has 2 aromatic heterocycles. The number of rotatable bonds is 3. The Morgan fingerprint density at radius 1 is 1.21 bits per heavy atom.